The van der Waals surface area contributed by atoms with Crippen LogP contribution in [0.2, 0.25) is 0 Å². The van der Waals surface area contributed by atoms with Crippen molar-refractivity contribution >= 4 is 5.91 Å². The third-order valence-electron chi connectivity index (χ3n) is 4.12. The Kier molecular flexibility index (Phi) is 6.26. The molecule has 1 saturated heterocycles. The molecular formula is C16H27N3O2. The topological polar surface area (TPSA) is 57.5 Å². The van der Waals surface area contributed by atoms with Gasteiger partial charge in [-0.15, -0.1) is 0 Å². The van der Waals surface area contributed by atoms with Crippen molar-refractivity contribution in [2.24, 2.45) is 0 Å². The van der Waals surface area contributed by atoms with Crippen LogP contribution in [0.5, 0.6) is 0 Å². The number of carbonyl (C=O) groups is 1. The van der Waals surface area contributed by atoms with E-state index in [4.69, 9.17) is 4.42 Å². The van der Waals surface area contributed by atoms with Crippen molar-refractivity contribution in [1.82, 2.24) is 15.5 Å². The molecule has 1 aliphatic heterocycles. The molecule has 2 atom stereocenters. The fourth-order valence-corrected chi connectivity index (χ4v) is 2.95. The van der Waals surface area contributed by atoms with Gasteiger partial charge in [0.1, 0.15) is 5.76 Å². The van der Waals surface area contributed by atoms with E-state index in [-0.39, 0.29) is 11.9 Å². The van der Waals surface area contributed by atoms with E-state index in [0.717, 1.165) is 31.8 Å². The maximum atomic E-state index is 12.4. The number of hydrogen-bond donors (Lipinski definition) is 2. The third-order valence-corrected chi connectivity index (χ3v) is 4.12. The van der Waals surface area contributed by atoms with Crippen LogP contribution in [-0.2, 0) is 11.3 Å². The highest BCUT2D eigenvalue weighted by molar-refractivity contribution is 5.81. The summed E-state index contributed by atoms with van der Waals surface area (Å²) >= 11 is 0. The first-order chi connectivity index (χ1) is 10.2. The van der Waals surface area contributed by atoms with Crippen LogP contribution in [0.25, 0.3) is 0 Å². The molecule has 2 unspecified atom stereocenters. The monoisotopic (exact) mass is 293 g/mol. The summed E-state index contributed by atoms with van der Waals surface area (Å²) in [4.78, 5) is 14.7. The fraction of sp³-hybridized carbons (Fsp3) is 0.688. The lowest BCUT2D eigenvalue weighted by Gasteiger charge is -2.37. The van der Waals surface area contributed by atoms with Gasteiger partial charge >= 0.3 is 0 Å². The Morgan fingerprint density at radius 1 is 1.62 bits per heavy atom. The molecule has 0 bridgehead atoms. The zero-order chi connectivity index (χ0) is 15.1. The Morgan fingerprint density at radius 2 is 2.48 bits per heavy atom. The van der Waals surface area contributed by atoms with Crippen LogP contribution in [0.3, 0.4) is 0 Å². The van der Waals surface area contributed by atoms with Crippen LogP contribution < -0.4 is 10.6 Å². The van der Waals surface area contributed by atoms with Crippen molar-refractivity contribution in [3.05, 3.63) is 24.2 Å². The molecule has 5 nitrogen and oxygen atoms in total. The molecule has 118 valence electrons. The van der Waals surface area contributed by atoms with Gasteiger partial charge in [-0.25, -0.2) is 0 Å². The minimum Gasteiger partial charge on any atom is -0.467 e. The number of carbonyl (C=O) groups excluding carboxylic acids is 1. The lowest BCUT2D eigenvalue weighted by atomic mass is 10.0. The van der Waals surface area contributed by atoms with Crippen molar-refractivity contribution in [1.29, 1.82) is 0 Å². The van der Waals surface area contributed by atoms with Crippen molar-refractivity contribution in [2.75, 3.05) is 19.6 Å². The Hall–Kier alpha value is -1.33. The maximum absolute atomic E-state index is 12.4. The normalized spacial score (nSPS) is 20.4. The summed E-state index contributed by atoms with van der Waals surface area (Å²) in [6.45, 7) is 7.66. The molecule has 1 aromatic heterocycles. The Morgan fingerprint density at radius 3 is 3.10 bits per heavy atom. The van der Waals surface area contributed by atoms with Gasteiger partial charge in [-0.2, -0.15) is 0 Å². The van der Waals surface area contributed by atoms with E-state index in [1.807, 2.05) is 19.1 Å². The predicted octanol–water partition coefficient (Wildman–Crippen LogP) is 1.75. The molecule has 1 aliphatic rings. The standard InChI is InChI=1S/C16H27N3O2/c1-3-9-19(14-6-4-8-17-11-14)13(2)16(20)18-12-15-7-5-10-21-15/h5,7,10,13-14,17H,3-4,6,8-9,11-12H2,1-2H3,(H,18,20). The number of hydrogen-bond acceptors (Lipinski definition) is 4. The molecule has 1 aromatic rings. The first-order valence-corrected chi connectivity index (χ1v) is 7.99. The first-order valence-electron chi connectivity index (χ1n) is 7.99. The van der Waals surface area contributed by atoms with Crippen molar-refractivity contribution in [3.63, 3.8) is 0 Å². The highest BCUT2D eigenvalue weighted by Gasteiger charge is 2.28. The van der Waals surface area contributed by atoms with Crippen LogP contribution in [0.4, 0.5) is 0 Å². The second-order valence-corrected chi connectivity index (χ2v) is 5.71. The quantitative estimate of drug-likeness (QED) is 0.804. The summed E-state index contributed by atoms with van der Waals surface area (Å²) in [7, 11) is 0. The highest BCUT2D eigenvalue weighted by atomic mass is 16.3. The first kappa shape index (κ1) is 16.0. The summed E-state index contributed by atoms with van der Waals surface area (Å²) in [6.07, 6.45) is 5.04. The molecule has 2 rings (SSSR count). The van der Waals surface area contributed by atoms with Gasteiger partial charge in [-0.3, -0.25) is 9.69 Å². The van der Waals surface area contributed by atoms with Gasteiger partial charge in [0.25, 0.3) is 0 Å². The van der Waals surface area contributed by atoms with Crippen molar-refractivity contribution in [2.45, 2.75) is 51.7 Å². The van der Waals surface area contributed by atoms with Gasteiger partial charge in [0, 0.05) is 12.6 Å². The van der Waals surface area contributed by atoms with Gasteiger partial charge in [0.05, 0.1) is 18.8 Å². The van der Waals surface area contributed by atoms with Crippen LogP contribution in [0.1, 0.15) is 38.9 Å². The summed E-state index contributed by atoms with van der Waals surface area (Å²) in [5.41, 5.74) is 0. The molecule has 5 heteroatoms. The molecule has 1 fully saturated rings. The molecule has 2 heterocycles. The number of piperidine rings is 1. The maximum Gasteiger partial charge on any atom is 0.237 e. The summed E-state index contributed by atoms with van der Waals surface area (Å²) in [5, 5.41) is 6.40. The van der Waals surface area contributed by atoms with Crippen LogP contribution >= 0.6 is 0 Å². The number of furan rings is 1. The average Bonchev–Trinajstić information content (AvgIpc) is 3.04. The number of rotatable bonds is 7. The molecule has 0 saturated carbocycles. The average molecular weight is 293 g/mol. The molecule has 0 spiro atoms. The van der Waals surface area contributed by atoms with E-state index in [2.05, 4.69) is 22.5 Å². The minimum atomic E-state index is -0.107. The lowest BCUT2D eigenvalue weighted by molar-refractivity contribution is -0.127. The second kappa shape index (κ2) is 8.20. The van der Waals surface area contributed by atoms with E-state index in [0.29, 0.717) is 12.6 Å². The number of nitrogens with zero attached hydrogens (tertiary/aromatic N) is 1. The van der Waals surface area contributed by atoms with E-state index >= 15 is 0 Å². The van der Waals surface area contributed by atoms with Gasteiger partial charge < -0.3 is 15.1 Å². The van der Waals surface area contributed by atoms with Gasteiger partial charge in [0.2, 0.25) is 5.91 Å². The van der Waals surface area contributed by atoms with E-state index in [1.54, 1.807) is 6.26 Å². The second-order valence-electron chi connectivity index (χ2n) is 5.71. The molecular weight excluding hydrogens is 266 g/mol. The highest BCUT2D eigenvalue weighted by Crippen LogP contribution is 2.15. The molecule has 1 amide bonds. The molecule has 2 N–H and O–H groups in total. The Bertz CT molecular complexity index is 413. The third kappa shape index (κ3) is 4.58. The summed E-state index contributed by atoms with van der Waals surface area (Å²) in [5.74, 6) is 0.863. The zero-order valence-corrected chi connectivity index (χ0v) is 13.1. The molecule has 0 aliphatic carbocycles. The van der Waals surface area contributed by atoms with E-state index < -0.39 is 0 Å². The van der Waals surface area contributed by atoms with Crippen LogP contribution in [0, 0.1) is 0 Å². The van der Waals surface area contributed by atoms with Crippen molar-refractivity contribution < 1.29 is 9.21 Å². The molecule has 0 radical (unpaired) electrons. The smallest absolute Gasteiger partial charge is 0.237 e. The summed E-state index contributed by atoms with van der Waals surface area (Å²) in [6, 6.07) is 4.06. The largest absolute Gasteiger partial charge is 0.467 e. The molecule has 21 heavy (non-hydrogen) atoms. The fourth-order valence-electron chi connectivity index (χ4n) is 2.95. The van der Waals surface area contributed by atoms with Crippen LogP contribution in [-0.4, -0.2) is 42.5 Å². The number of nitrogens with one attached hydrogen (secondary N) is 2. The summed E-state index contributed by atoms with van der Waals surface area (Å²) < 4.78 is 5.25. The SMILES string of the molecule is CCCN(C1CCCNC1)C(C)C(=O)NCc1ccco1. The van der Waals surface area contributed by atoms with Gasteiger partial charge in [0.15, 0.2) is 0 Å². The van der Waals surface area contributed by atoms with Crippen molar-refractivity contribution in [3.8, 4) is 0 Å². The van der Waals surface area contributed by atoms with Gasteiger partial charge in [-0.1, -0.05) is 6.92 Å². The minimum absolute atomic E-state index is 0.0745. The van der Waals surface area contributed by atoms with Gasteiger partial charge in [-0.05, 0) is 51.4 Å². The lowest BCUT2D eigenvalue weighted by Crippen LogP contribution is -2.54. The van der Waals surface area contributed by atoms with E-state index in [1.165, 1.54) is 12.8 Å². The zero-order valence-electron chi connectivity index (χ0n) is 13.1. The van der Waals surface area contributed by atoms with Crippen LogP contribution in [0.15, 0.2) is 22.8 Å². The molecule has 0 aromatic carbocycles. The predicted molar refractivity (Wildman–Crippen MR) is 82.9 cm³/mol. The van der Waals surface area contributed by atoms with E-state index in [9.17, 15) is 4.79 Å². The number of amides is 1. The Balaban J connectivity index is 1.89. The Labute approximate surface area is 127 Å².